The van der Waals surface area contributed by atoms with E-state index in [-0.39, 0.29) is 11.6 Å². The number of halogens is 1. The molecule has 0 unspecified atom stereocenters. The minimum atomic E-state index is -0.453. The molecule has 26 heavy (non-hydrogen) atoms. The van der Waals surface area contributed by atoms with Crippen molar-refractivity contribution in [3.63, 3.8) is 0 Å². The van der Waals surface area contributed by atoms with E-state index in [1.165, 1.54) is 29.7 Å². The summed E-state index contributed by atoms with van der Waals surface area (Å²) in [5.74, 6) is -1.04. The van der Waals surface area contributed by atoms with Gasteiger partial charge in [-0.15, -0.1) is 0 Å². The molecule has 0 saturated carbocycles. The number of imidazole rings is 1. The average molecular weight is 354 g/mol. The van der Waals surface area contributed by atoms with Crippen LogP contribution in [0.3, 0.4) is 0 Å². The van der Waals surface area contributed by atoms with Gasteiger partial charge in [-0.05, 0) is 43.2 Å². The Morgan fingerprint density at radius 1 is 1.19 bits per heavy atom. The van der Waals surface area contributed by atoms with Gasteiger partial charge in [-0.25, -0.2) is 9.37 Å². The minimum absolute atomic E-state index is 0.195. The summed E-state index contributed by atoms with van der Waals surface area (Å²) in [6, 6.07) is 8.16. The van der Waals surface area contributed by atoms with Gasteiger partial charge < -0.3 is 10.6 Å². The van der Waals surface area contributed by atoms with E-state index in [0.717, 1.165) is 5.56 Å². The molecule has 0 aliphatic heterocycles. The SMILES string of the molecule is CCc1ccc(NC(C)=O)cc1NC(=O)c1c(C)nc2ccc(F)cn12. The van der Waals surface area contributed by atoms with Crippen molar-refractivity contribution < 1.29 is 14.0 Å². The molecule has 2 amide bonds. The number of rotatable bonds is 4. The Morgan fingerprint density at radius 3 is 2.65 bits per heavy atom. The van der Waals surface area contributed by atoms with E-state index in [1.54, 1.807) is 19.1 Å². The molecule has 0 atom stereocenters. The molecule has 3 aromatic rings. The fraction of sp³-hybridized carbons (Fsp3) is 0.211. The Balaban J connectivity index is 1.99. The number of pyridine rings is 1. The summed E-state index contributed by atoms with van der Waals surface area (Å²) in [5, 5.41) is 5.55. The van der Waals surface area contributed by atoms with E-state index in [9.17, 15) is 14.0 Å². The predicted molar refractivity (Wildman–Crippen MR) is 98.0 cm³/mol. The van der Waals surface area contributed by atoms with Gasteiger partial charge in [0.1, 0.15) is 17.2 Å². The molecule has 0 spiro atoms. The van der Waals surface area contributed by atoms with Gasteiger partial charge in [0.15, 0.2) is 0 Å². The highest BCUT2D eigenvalue weighted by Crippen LogP contribution is 2.23. The quantitative estimate of drug-likeness (QED) is 0.752. The number of nitrogens with one attached hydrogen (secondary N) is 2. The van der Waals surface area contributed by atoms with Gasteiger partial charge in [-0.1, -0.05) is 13.0 Å². The minimum Gasteiger partial charge on any atom is -0.326 e. The van der Waals surface area contributed by atoms with Gasteiger partial charge in [0.05, 0.1) is 5.69 Å². The number of hydrogen-bond donors (Lipinski definition) is 2. The molecule has 7 heteroatoms. The van der Waals surface area contributed by atoms with Crippen LogP contribution in [0.1, 0.15) is 35.6 Å². The Morgan fingerprint density at radius 2 is 1.96 bits per heavy atom. The maximum Gasteiger partial charge on any atom is 0.274 e. The zero-order valence-electron chi connectivity index (χ0n) is 14.8. The van der Waals surface area contributed by atoms with Crippen molar-refractivity contribution in [3.05, 3.63) is 59.3 Å². The third kappa shape index (κ3) is 3.42. The first-order valence-electron chi connectivity index (χ1n) is 8.25. The number of aryl methyl sites for hydroxylation is 2. The molecule has 0 aliphatic rings. The van der Waals surface area contributed by atoms with Gasteiger partial charge in [0.25, 0.3) is 5.91 Å². The summed E-state index contributed by atoms with van der Waals surface area (Å²) >= 11 is 0. The zero-order chi connectivity index (χ0) is 18.8. The highest BCUT2D eigenvalue weighted by atomic mass is 19.1. The average Bonchev–Trinajstić information content (AvgIpc) is 2.89. The molecular formula is C19H19FN4O2. The predicted octanol–water partition coefficient (Wildman–Crippen LogP) is 3.55. The fourth-order valence-electron chi connectivity index (χ4n) is 2.87. The Labute approximate surface area is 150 Å². The molecule has 0 saturated heterocycles. The molecule has 0 fully saturated rings. The van der Waals surface area contributed by atoms with E-state index in [2.05, 4.69) is 15.6 Å². The number of benzene rings is 1. The molecule has 134 valence electrons. The molecule has 0 radical (unpaired) electrons. The first-order valence-corrected chi connectivity index (χ1v) is 8.25. The van der Waals surface area contributed by atoms with Crippen LogP contribution in [-0.2, 0) is 11.2 Å². The van der Waals surface area contributed by atoms with E-state index in [1.807, 2.05) is 13.0 Å². The van der Waals surface area contributed by atoms with Crippen molar-refractivity contribution in [3.8, 4) is 0 Å². The molecular weight excluding hydrogens is 335 g/mol. The third-order valence-corrected chi connectivity index (χ3v) is 4.03. The first-order chi connectivity index (χ1) is 12.4. The van der Waals surface area contributed by atoms with Crippen LogP contribution in [0.5, 0.6) is 0 Å². The number of carbonyl (C=O) groups excluding carboxylic acids is 2. The Hall–Kier alpha value is -3.22. The molecule has 2 heterocycles. The van der Waals surface area contributed by atoms with Crippen LogP contribution in [0.2, 0.25) is 0 Å². The van der Waals surface area contributed by atoms with E-state index >= 15 is 0 Å². The number of amides is 2. The number of fused-ring (bicyclic) bond motifs is 1. The maximum absolute atomic E-state index is 13.6. The van der Waals surface area contributed by atoms with Crippen molar-refractivity contribution in [2.24, 2.45) is 0 Å². The van der Waals surface area contributed by atoms with Crippen LogP contribution < -0.4 is 10.6 Å². The Kier molecular flexibility index (Phi) is 4.71. The second-order valence-electron chi connectivity index (χ2n) is 5.98. The van der Waals surface area contributed by atoms with Crippen LogP contribution >= 0.6 is 0 Å². The van der Waals surface area contributed by atoms with Crippen LogP contribution in [0.4, 0.5) is 15.8 Å². The number of hydrogen-bond acceptors (Lipinski definition) is 3. The highest BCUT2D eigenvalue weighted by Gasteiger charge is 2.18. The van der Waals surface area contributed by atoms with Crippen LogP contribution in [-0.4, -0.2) is 21.2 Å². The molecule has 0 bridgehead atoms. The second kappa shape index (κ2) is 6.95. The summed E-state index contributed by atoms with van der Waals surface area (Å²) < 4.78 is 15.0. The molecule has 3 rings (SSSR count). The van der Waals surface area contributed by atoms with Crippen molar-refractivity contribution in [2.75, 3.05) is 10.6 Å². The summed E-state index contributed by atoms with van der Waals surface area (Å²) in [7, 11) is 0. The largest absolute Gasteiger partial charge is 0.326 e. The summed E-state index contributed by atoms with van der Waals surface area (Å²) in [5.41, 5.74) is 3.37. The number of nitrogens with zero attached hydrogens (tertiary/aromatic N) is 2. The molecule has 6 nitrogen and oxygen atoms in total. The second-order valence-corrected chi connectivity index (χ2v) is 5.98. The van der Waals surface area contributed by atoms with Gasteiger partial charge in [0.2, 0.25) is 5.91 Å². The van der Waals surface area contributed by atoms with Crippen molar-refractivity contribution in [2.45, 2.75) is 27.2 Å². The molecule has 2 aromatic heterocycles. The standard InChI is InChI=1S/C19H19FN4O2/c1-4-13-5-7-15(22-12(3)25)9-16(13)23-19(26)18-11(2)21-17-8-6-14(20)10-24(17)18/h5-10H,4H2,1-3H3,(H,22,25)(H,23,26). The summed E-state index contributed by atoms with van der Waals surface area (Å²) in [6.45, 7) is 5.09. The number of anilines is 2. The lowest BCUT2D eigenvalue weighted by Gasteiger charge is -2.13. The monoisotopic (exact) mass is 354 g/mol. The van der Waals surface area contributed by atoms with Gasteiger partial charge >= 0.3 is 0 Å². The lowest BCUT2D eigenvalue weighted by molar-refractivity contribution is -0.114. The zero-order valence-corrected chi connectivity index (χ0v) is 14.8. The fourth-order valence-corrected chi connectivity index (χ4v) is 2.87. The molecule has 2 N–H and O–H groups in total. The lowest BCUT2D eigenvalue weighted by atomic mass is 10.1. The number of carbonyl (C=O) groups is 2. The first kappa shape index (κ1) is 17.6. The molecule has 1 aromatic carbocycles. The van der Waals surface area contributed by atoms with Crippen molar-refractivity contribution in [1.82, 2.24) is 9.38 Å². The number of aromatic nitrogens is 2. The van der Waals surface area contributed by atoms with Gasteiger partial charge in [-0.2, -0.15) is 0 Å². The van der Waals surface area contributed by atoms with Crippen LogP contribution in [0.15, 0.2) is 36.5 Å². The van der Waals surface area contributed by atoms with Crippen LogP contribution in [0, 0.1) is 12.7 Å². The smallest absolute Gasteiger partial charge is 0.274 e. The van der Waals surface area contributed by atoms with E-state index in [4.69, 9.17) is 0 Å². The maximum atomic E-state index is 13.6. The topological polar surface area (TPSA) is 75.5 Å². The van der Waals surface area contributed by atoms with Crippen molar-refractivity contribution in [1.29, 1.82) is 0 Å². The lowest BCUT2D eigenvalue weighted by Crippen LogP contribution is -2.17. The third-order valence-electron chi connectivity index (χ3n) is 4.03. The highest BCUT2D eigenvalue weighted by molar-refractivity contribution is 6.05. The van der Waals surface area contributed by atoms with E-state index in [0.29, 0.717) is 29.1 Å². The molecule has 0 aliphatic carbocycles. The van der Waals surface area contributed by atoms with Gasteiger partial charge in [-0.3, -0.25) is 14.0 Å². The summed E-state index contributed by atoms with van der Waals surface area (Å²) in [6.07, 6.45) is 1.94. The van der Waals surface area contributed by atoms with Crippen molar-refractivity contribution >= 4 is 28.8 Å². The Bertz CT molecular complexity index is 1010. The summed E-state index contributed by atoms with van der Waals surface area (Å²) in [4.78, 5) is 28.4. The van der Waals surface area contributed by atoms with E-state index < -0.39 is 11.7 Å². The van der Waals surface area contributed by atoms with Crippen LogP contribution in [0.25, 0.3) is 5.65 Å². The van der Waals surface area contributed by atoms with Gasteiger partial charge in [0, 0.05) is 24.5 Å². The normalized spacial score (nSPS) is 10.8.